The minimum absolute atomic E-state index is 0.186. The van der Waals surface area contributed by atoms with Gasteiger partial charge >= 0.3 is 0 Å². The first-order valence-electron chi connectivity index (χ1n) is 5.45. The Hall–Kier alpha value is -0.530. The third kappa shape index (κ3) is 3.37. The normalized spacial score (nSPS) is 20.8. The fourth-order valence-electron chi connectivity index (χ4n) is 1.64. The number of hydrogen-bond donors (Lipinski definition) is 1. The van der Waals surface area contributed by atoms with Crippen LogP contribution in [0, 0.1) is 11.8 Å². The van der Waals surface area contributed by atoms with Crippen LogP contribution in [0.25, 0.3) is 0 Å². The number of rotatable bonds is 5. The van der Waals surface area contributed by atoms with Crippen LogP contribution in [0.15, 0.2) is 0 Å². The molecular weight excluding hydrogens is 162 g/mol. The molecule has 1 unspecified atom stereocenters. The van der Waals surface area contributed by atoms with Gasteiger partial charge in [-0.3, -0.25) is 4.79 Å². The molecule has 1 amide bonds. The van der Waals surface area contributed by atoms with Crippen molar-refractivity contribution in [1.29, 1.82) is 0 Å². The zero-order valence-corrected chi connectivity index (χ0v) is 8.97. The van der Waals surface area contributed by atoms with Gasteiger partial charge in [0.1, 0.15) is 0 Å². The molecule has 0 spiro atoms. The van der Waals surface area contributed by atoms with Gasteiger partial charge < -0.3 is 5.32 Å². The van der Waals surface area contributed by atoms with Crippen molar-refractivity contribution in [2.24, 2.45) is 11.8 Å². The molecule has 13 heavy (non-hydrogen) atoms. The van der Waals surface area contributed by atoms with Gasteiger partial charge in [0.25, 0.3) is 0 Å². The van der Waals surface area contributed by atoms with Crippen LogP contribution in [-0.4, -0.2) is 11.9 Å². The van der Waals surface area contributed by atoms with Crippen LogP contribution in [0.1, 0.15) is 46.5 Å². The summed E-state index contributed by atoms with van der Waals surface area (Å²) in [6.07, 6.45) is 4.68. The molecule has 0 aromatic heterocycles. The summed E-state index contributed by atoms with van der Waals surface area (Å²) < 4.78 is 0. The molecule has 1 fully saturated rings. The number of hydrogen-bond acceptors (Lipinski definition) is 1. The molecule has 1 saturated carbocycles. The fraction of sp³-hybridized carbons (Fsp3) is 0.909. The Kier molecular flexibility index (Phi) is 3.76. The Bertz CT molecular complexity index is 175. The van der Waals surface area contributed by atoms with Gasteiger partial charge in [0.2, 0.25) is 5.91 Å². The molecule has 1 N–H and O–H groups in total. The second-order valence-corrected chi connectivity index (χ2v) is 4.32. The van der Waals surface area contributed by atoms with E-state index in [0.29, 0.717) is 6.04 Å². The predicted octanol–water partition coefficient (Wildman–Crippen LogP) is 2.34. The molecule has 0 saturated heterocycles. The average molecular weight is 183 g/mol. The van der Waals surface area contributed by atoms with Crippen molar-refractivity contribution in [2.75, 3.05) is 0 Å². The maximum absolute atomic E-state index is 11.6. The lowest BCUT2D eigenvalue weighted by Crippen LogP contribution is -2.37. The van der Waals surface area contributed by atoms with Crippen LogP contribution in [0.3, 0.4) is 0 Å². The Balaban J connectivity index is 2.22. The van der Waals surface area contributed by atoms with Gasteiger partial charge in [0.05, 0.1) is 0 Å². The largest absolute Gasteiger partial charge is 0.353 e. The van der Waals surface area contributed by atoms with Gasteiger partial charge in [0, 0.05) is 12.0 Å². The van der Waals surface area contributed by atoms with Crippen LogP contribution in [0.2, 0.25) is 0 Å². The second kappa shape index (κ2) is 4.64. The van der Waals surface area contributed by atoms with E-state index in [2.05, 4.69) is 19.2 Å². The van der Waals surface area contributed by atoms with E-state index in [1.807, 2.05) is 6.92 Å². The van der Waals surface area contributed by atoms with Crippen LogP contribution >= 0.6 is 0 Å². The standard InChI is InChI=1S/C11H21NO/c1-4-5-8(2)11(13)12-9(3)10-6-7-10/h8-10H,4-7H2,1-3H3,(H,12,13)/t8?,9-/m1/s1. The Morgan fingerprint density at radius 1 is 1.46 bits per heavy atom. The van der Waals surface area contributed by atoms with E-state index in [4.69, 9.17) is 0 Å². The lowest BCUT2D eigenvalue weighted by atomic mass is 10.0. The highest BCUT2D eigenvalue weighted by Crippen LogP contribution is 2.32. The fourth-order valence-corrected chi connectivity index (χ4v) is 1.64. The zero-order chi connectivity index (χ0) is 9.84. The molecular formula is C11H21NO. The van der Waals surface area contributed by atoms with Crippen molar-refractivity contribution in [2.45, 2.75) is 52.5 Å². The van der Waals surface area contributed by atoms with Crippen LogP contribution < -0.4 is 5.32 Å². The third-order valence-corrected chi connectivity index (χ3v) is 2.87. The first-order valence-corrected chi connectivity index (χ1v) is 5.45. The molecule has 0 heterocycles. The SMILES string of the molecule is CCCC(C)C(=O)N[C@H](C)C1CC1. The predicted molar refractivity (Wildman–Crippen MR) is 54.4 cm³/mol. The van der Waals surface area contributed by atoms with Crippen LogP contribution in [0.5, 0.6) is 0 Å². The molecule has 1 aliphatic rings. The monoisotopic (exact) mass is 183 g/mol. The number of nitrogens with one attached hydrogen (secondary N) is 1. The van der Waals surface area contributed by atoms with Crippen molar-refractivity contribution in [3.63, 3.8) is 0 Å². The molecule has 0 aromatic rings. The molecule has 0 bridgehead atoms. The first-order chi connectivity index (χ1) is 6.15. The Morgan fingerprint density at radius 3 is 2.54 bits per heavy atom. The van der Waals surface area contributed by atoms with Crippen molar-refractivity contribution in [1.82, 2.24) is 5.32 Å². The van der Waals surface area contributed by atoms with Gasteiger partial charge in [-0.05, 0) is 32.1 Å². The number of carbonyl (C=O) groups is 1. The van der Waals surface area contributed by atoms with Crippen LogP contribution in [-0.2, 0) is 4.79 Å². The van der Waals surface area contributed by atoms with E-state index in [1.54, 1.807) is 0 Å². The molecule has 2 nitrogen and oxygen atoms in total. The second-order valence-electron chi connectivity index (χ2n) is 4.32. The topological polar surface area (TPSA) is 29.1 Å². The van der Waals surface area contributed by atoms with E-state index in [-0.39, 0.29) is 11.8 Å². The summed E-state index contributed by atoms with van der Waals surface area (Å²) in [5.74, 6) is 1.19. The van der Waals surface area contributed by atoms with E-state index in [1.165, 1.54) is 12.8 Å². The van der Waals surface area contributed by atoms with E-state index >= 15 is 0 Å². The van der Waals surface area contributed by atoms with E-state index in [0.717, 1.165) is 18.8 Å². The van der Waals surface area contributed by atoms with Gasteiger partial charge in [-0.15, -0.1) is 0 Å². The Labute approximate surface area is 81.1 Å². The zero-order valence-electron chi connectivity index (χ0n) is 8.97. The summed E-state index contributed by atoms with van der Waals surface area (Å²) in [7, 11) is 0. The highest BCUT2D eigenvalue weighted by atomic mass is 16.1. The van der Waals surface area contributed by atoms with Crippen molar-refractivity contribution in [3.05, 3.63) is 0 Å². The maximum Gasteiger partial charge on any atom is 0.223 e. The third-order valence-electron chi connectivity index (χ3n) is 2.87. The highest BCUT2D eigenvalue weighted by molar-refractivity contribution is 5.78. The minimum atomic E-state index is 0.186. The first kappa shape index (κ1) is 10.6. The highest BCUT2D eigenvalue weighted by Gasteiger charge is 2.29. The summed E-state index contributed by atoms with van der Waals surface area (Å²) in [6, 6.07) is 0.395. The van der Waals surface area contributed by atoms with Gasteiger partial charge in [-0.1, -0.05) is 20.3 Å². The molecule has 76 valence electrons. The van der Waals surface area contributed by atoms with Crippen molar-refractivity contribution >= 4 is 5.91 Å². The Morgan fingerprint density at radius 2 is 2.08 bits per heavy atom. The van der Waals surface area contributed by atoms with Gasteiger partial charge in [-0.25, -0.2) is 0 Å². The van der Waals surface area contributed by atoms with Crippen molar-refractivity contribution < 1.29 is 4.79 Å². The van der Waals surface area contributed by atoms with E-state index in [9.17, 15) is 4.79 Å². The molecule has 0 aliphatic heterocycles. The van der Waals surface area contributed by atoms with Gasteiger partial charge in [0.15, 0.2) is 0 Å². The number of carbonyl (C=O) groups excluding carboxylic acids is 1. The molecule has 2 heteroatoms. The number of amides is 1. The van der Waals surface area contributed by atoms with Crippen LogP contribution in [0.4, 0.5) is 0 Å². The summed E-state index contributed by atoms with van der Waals surface area (Å²) in [4.78, 5) is 11.6. The lowest BCUT2D eigenvalue weighted by Gasteiger charge is -2.16. The molecule has 2 atom stereocenters. The minimum Gasteiger partial charge on any atom is -0.353 e. The van der Waals surface area contributed by atoms with E-state index < -0.39 is 0 Å². The molecule has 0 radical (unpaired) electrons. The smallest absolute Gasteiger partial charge is 0.223 e. The summed E-state index contributed by atoms with van der Waals surface area (Å²) in [5, 5.41) is 3.09. The molecule has 1 aliphatic carbocycles. The summed E-state index contributed by atoms with van der Waals surface area (Å²) >= 11 is 0. The molecule has 0 aromatic carbocycles. The maximum atomic E-state index is 11.6. The molecule has 1 rings (SSSR count). The average Bonchev–Trinajstić information content (AvgIpc) is 2.86. The summed E-state index contributed by atoms with van der Waals surface area (Å²) in [6.45, 7) is 6.25. The summed E-state index contributed by atoms with van der Waals surface area (Å²) in [5.41, 5.74) is 0. The lowest BCUT2D eigenvalue weighted by molar-refractivity contribution is -0.125. The quantitative estimate of drug-likeness (QED) is 0.696. The van der Waals surface area contributed by atoms with Crippen molar-refractivity contribution in [3.8, 4) is 0 Å². The van der Waals surface area contributed by atoms with Gasteiger partial charge in [-0.2, -0.15) is 0 Å².